The number of fused-ring (bicyclic) bond motifs is 3. The van der Waals surface area contributed by atoms with Crippen LogP contribution in [0.2, 0.25) is 0 Å². The second-order valence-electron chi connectivity index (χ2n) is 9.47. The Hall–Kier alpha value is -2.22. The lowest BCUT2D eigenvalue weighted by atomic mass is 9.65. The van der Waals surface area contributed by atoms with E-state index in [4.69, 9.17) is 13.9 Å². The summed E-state index contributed by atoms with van der Waals surface area (Å²) >= 11 is 1.30. The molecular formula is C21H25N3O4S. The third-order valence-corrected chi connectivity index (χ3v) is 6.88. The first-order valence-electron chi connectivity index (χ1n) is 9.96. The van der Waals surface area contributed by atoms with Gasteiger partial charge in [0.15, 0.2) is 11.5 Å². The highest BCUT2D eigenvalue weighted by Crippen LogP contribution is 2.52. The quantitative estimate of drug-likeness (QED) is 0.699. The summed E-state index contributed by atoms with van der Waals surface area (Å²) in [5, 5.41) is 8.61. The van der Waals surface area contributed by atoms with E-state index in [1.54, 1.807) is 0 Å². The van der Waals surface area contributed by atoms with Crippen molar-refractivity contribution in [1.29, 1.82) is 0 Å². The lowest BCUT2D eigenvalue weighted by molar-refractivity contribution is -0.129. The minimum Gasteiger partial charge on any atom is -0.454 e. The van der Waals surface area contributed by atoms with E-state index >= 15 is 0 Å². The van der Waals surface area contributed by atoms with Crippen molar-refractivity contribution in [2.45, 2.75) is 51.3 Å². The van der Waals surface area contributed by atoms with Gasteiger partial charge in [0, 0.05) is 18.2 Å². The molecule has 2 aromatic rings. The number of ether oxygens (including phenoxy) is 2. The average molecular weight is 416 g/mol. The van der Waals surface area contributed by atoms with Crippen LogP contribution in [0.25, 0.3) is 11.5 Å². The van der Waals surface area contributed by atoms with Crippen molar-refractivity contribution >= 4 is 17.7 Å². The molecule has 2 fully saturated rings. The molecule has 0 unspecified atom stereocenters. The van der Waals surface area contributed by atoms with Crippen LogP contribution in [0.3, 0.4) is 0 Å². The van der Waals surface area contributed by atoms with E-state index in [0.29, 0.717) is 39.8 Å². The van der Waals surface area contributed by atoms with E-state index in [1.807, 2.05) is 18.2 Å². The smallest absolute Gasteiger partial charge is 0.277 e. The zero-order valence-electron chi connectivity index (χ0n) is 16.9. The molecule has 2 aliphatic heterocycles. The van der Waals surface area contributed by atoms with E-state index in [0.717, 1.165) is 24.9 Å². The lowest BCUT2D eigenvalue weighted by Crippen LogP contribution is -2.38. The van der Waals surface area contributed by atoms with Crippen LogP contribution in [-0.4, -0.2) is 46.1 Å². The Morgan fingerprint density at radius 2 is 2.03 bits per heavy atom. The maximum Gasteiger partial charge on any atom is 0.277 e. The van der Waals surface area contributed by atoms with Gasteiger partial charge in [-0.2, -0.15) is 0 Å². The van der Waals surface area contributed by atoms with Gasteiger partial charge in [-0.05, 0) is 48.3 Å². The summed E-state index contributed by atoms with van der Waals surface area (Å²) in [6, 6.07) is 5.85. The molecule has 7 nitrogen and oxygen atoms in total. The van der Waals surface area contributed by atoms with Crippen molar-refractivity contribution < 1.29 is 18.7 Å². The molecule has 29 heavy (non-hydrogen) atoms. The normalized spacial score (nSPS) is 26.7. The van der Waals surface area contributed by atoms with Gasteiger partial charge in [0.25, 0.3) is 5.22 Å². The number of thioether (sulfide) groups is 1. The summed E-state index contributed by atoms with van der Waals surface area (Å²) in [7, 11) is 0. The number of rotatable bonds is 4. The molecule has 1 aromatic carbocycles. The number of likely N-dealkylation sites (tertiary alicyclic amines) is 1. The van der Waals surface area contributed by atoms with Crippen molar-refractivity contribution in [2.75, 3.05) is 19.1 Å². The summed E-state index contributed by atoms with van der Waals surface area (Å²) in [5.74, 6) is 2.26. The third kappa shape index (κ3) is 3.58. The van der Waals surface area contributed by atoms with E-state index in [2.05, 4.69) is 35.9 Å². The molecule has 8 heteroatoms. The number of hydrogen-bond acceptors (Lipinski definition) is 7. The summed E-state index contributed by atoms with van der Waals surface area (Å²) in [5.41, 5.74) is 1.30. The Kier molecular flexibility index (Phi) is 4.31. The van der Waals surface area contributed by atoms with Crippen molar-refractivity contribution in [3.63, 3.8) is 0 Å². The zero-order valence-corrected chi connectivity index (χ0v) is 17.8. The first-order chi connectivity index (χ1) is 13.8. The van der Waals surface area contributed by atoms with Crippen LogP contribution >= 0.6 is 11.8 Å². The van der Waals surface area contributed by atoms with Gasteiger partial charge in [-0.25, -0.2) is 0 Å². The third-order valence-electron chi connectivity index (χ3n) is 6.08. The highest BCUT2D eigenvalue weighted by molar-refractivity contribution is 7.99. The van der Waals surface area contributed by atoms with Gasteiger partial charge in [0.2, 0.25) is 18.6 Å². The van der Waals surface area contributed by atoms with Crippen LogP contribution < -0.4 is 9.47 Å². The Labute approximate surface area is 174 Å². The van der Waals surface area contributed by atoms with Gasteiger partial charge >= 0.3 is 0 Å². The fraction of sp³-hybridized carbons (Fsp3) is 0.571. The largest absolute Gasteiger partial charge is 0.454 e. The van der Waals surface area contributed by atoms with Crippen LogP contribution in [0.15, 0.2) is 27.8 Å². The van der Waals surface area contributed by atoms with Crippen LogP contribution in [0.1, 0.15) is 40.0 Å². The van der Waals surface area contributed by atoms with Crippen molar-refractivity contribution in [3.05, 3.63) is 18.2 Å². The maximum absolute atomic E-state index is 12.9. The Bertz CT molecular complexity index is 959. The van der Waals surface area contributed by atoms with Gasteiger partial charge in [-0.3, -0.25) is 4.79 Å². The molecule has 0 N–H and O–H groups in total. The molecule has 2 atom stereocenters. The van der Waals surface area contributed by atoms with Crippen LogP contribution in [0, 0.1) is 10.8 Å². The SMILES string of the molecule is CC1(C)C[C@H]2C[C@](C)(CN2C(=O)CSc2nnc(-c3ccc4c(c3)OCO4)o2)C1. The maximum atomic E-state index is 12.9. The van der Waals surface area contributed by atoms with Crippen molar-refractivity contribution in [1.82, 2.24) is 15.1 Å². The number of carbonyl (C=O) groups is 1. The monoisotopic (exact) mass is 415 g/mol. The molecule has 3 aliphatic rings. The predicted molar refractivity (Wildman–Crippen MR) is 108 cm³/mol. The first-order valence-corrected chi connectivity index (χ1v) is 10.9. The second kappa shape index (κ2) is 6.65. The molecule has 154 valence electrons. The predicted octanol–water partition coefficient (Wildman–Crippen LogP) is 3.98. The van der Waals surface area contributed by atoms with Crippen LogP contribution in [0.5, 0.6) is 11.5 Å². The van der Waals surface area contributed by atoms with Gasteiger partial charge in [-0.1, -0.05) is 32.5 Å². The second-order valence-corrected chi connectivity index (χ2v) is 10.4. The van der Waals surface area contributed by atoms with E-state index < -0.39 is 0 Å². The van der Waals surface area contributed by atoms with Gasteiger partial charge in [0.05, 0.1) is 5.75 Å². The number of benzene rings is 1. The molecular weight excluding hydrogens is 390 g/mol. The molecule has 0 spiro atoms. The van der Waals surface area contributed by atoms with Crippen molar-refractivity contribution in [2.24, 2.45) is 10.8 Å². The highest BCUT2D eigenvalue weighted by atomic mass is 32.2. The number of amides is 1. The Balaban J connectivity index is 1.23. The topological polar surface area (TPSA) is 77.7 Å². The number of hydrogen-bond donors (Lipinski definition) is 0. The summed E-state index contributed by atoms with van der Waals surface area (Å²) in [4.78, 5) is 15.0. The Morgan fingerprint density at radius 3 is 2.90 bits per heavy atom. The molecule has 5 rings (SSSR count). The minimum absolute atomic E-state index is 0.157. The van der Waals surface area contributed by atoms with E-state index in [9.17, 15) is 4.79 Å². The standard InChI is InChI=1S/C21H25N3O4S/c1-20(2)7-14-8-21(3,10-20)11-24(14)17(25)9-29-19-23-22-18(28-19)13-4-5-15-16(6-13)27-12-26-15/h4-6,14H,7-12H2,1-3H3/t14-,21-/m0/s1. The van der Waals surface area contributed by atoms with Gasteiger partial charge in [-0.15, -0.1) is 10.2 Å². The highest BCUT2D eigenvalue weighted by Gasteiger charge is 2.50. The fourth-order valence-electron chi connectivity index (χ4n) is 5.37. The molecule has 1 aliphatic carbocycles. The van der Waals surface area contributed by atoms with Gasteiger partial charge in [0.1, 0.15) is 0 Å². The zero-order chi connectivity index (χ0) is 20.2. The minimum atomic E-state index is 0.157. The molecule has 2 bridgehead atoms. The number of aromatic nitrogens is 2. The number of carbonyl (C=O) groups excluding carboxylic acids is 1. The lowest BCUT2D eigenvalue weighted by Gasteiger charge is -2.39. The van der Waals surface area contributed by atoms with E-state index in [-0.39, 0.29) is 18.1 Å². The summed E-state index contributed by atoms with van der Waals surface area (Å²) in [6.07, 6.45) is 3.37. The molecule has 1 amide bonds. The fourth-order valence-corrected chi connectivity index (χ4v) is 6.02. The summed E-state index contributed by atoms with van der Waals surface area (Å²) < 4.78 is 16.5. The molecule has 1 saturated carbocycles. The first kappa shape index (κ1) is 18.8. The molecule has 3 heterocycles. The van der Waals surface area contributed by atoms with E-state index in [1.165, 1.54) is 18.2 Å². The van der Waals surface area contributed by atoms with Gasteiger partial charge < -0.3 is 18.8 Å². The average Bonchev–Trinajstić information content (AvgIpc) is 3.35. The Morgan fingerprint density at radius 1 is 1.21 bits per heavy atom. The van der Waals surface area contributed by atoms with Crippen LogP contribution in [0.4, 0.5) is 0 Å². The number of nitrogens with zero attached hydrogens (tertiary/aromatic N) is 3. The molecule has 1 saturated heterocycles. The van der Waals surface area contributed by atoms with Crippen LogP contribution in [-0.2, 0) is 4.79 Å². The van der Waals surface area contributed by atoms with Crippen molar-refractivity contribution in [3.8, 4) is 23.0 Å². The summed E-state index contributed by atoms with van der Waals surface area (Å²) in [6.45, 7) is 8.02. The molecule has 1 aromatic heterocycles. The molecule has 0 radical (unpaired) electrons.